The second-order valence-electron chi connectivity index (χ2n) is 18.0. The summed E-state index contributed by atoms with van der Waals surface area (Å²) >= 11 is 6.92. The number of likely N-dealkylation sites (tertiary alicyclic amines) is 2. The zero-order valence-corrected chi connectivity index (χ0v) is 45.6. The number of anilines is 1. The maximum Gasteiger partial charge on any atom is 0.257 e. The van der Waals surface area contributed by atoms with Gasteiger partial charge in [-0.05, 0) is 174 Å². The fourth-order valence-corrected chi connectivity index (χ4v) is 9.67. The van der Waals surface area contributed by atoms with Crippen LogP contribution >= 0.6 is 31.9 Å². The van der Waals surface area contributed by atoms with Gasteiger partial charge in [-0.1, -0.05) is 12.1 Å². The van der Waals surface area contributed by atoms with Crippen LogP contribution in [0.15, 0.2) is 103 Å². The first-order valence-corrected chi connectivity index (χ1v) is 26.2. The Labute approximate surface area is 452 Å². The highest BCUT2D eigenvalue weighted by molar-refractivity contribution is 9.11. The van der Waals surface area contributed by atoms with Gasteiger partial charge in [-0.2, -0.15) is 0 Å². The summed E-state index contributed by atoms with van der Waals surface area (Å²) in [4.78, 5) is 95.2. The molecule has 3 heterocycles. The van der Waals surface area contributed by atoms with Crippen LogP contribution < -0.4 is 41.8 Å². The summed E-state index contributed by atoms with van der Waals surface area (Å²) in [6, 6.07) is 23.4. The van der Waals surface area contributed by atoms with Gasteiger partial charge in [-0.25, -0.2) is 4.99 Å². The van der Waals surface area contributed by atoms with Crippen molar-refractivity contribution in [2.24, 2.45) is 10.7 Å². The summed E-state index contributed by atoms with van der Waals surface area (Å²) in [5.74, 6) is 0.0189. The number of carbonyl (C=O) groups excluding carboxylic acids is 7. The number of methoxy groups -OCH3 is 2. The Morgan fingerprint density at radius 1 is 0.720 bits per heavy atom. The van der Waals surface area contributed by atoms with Crippen molar-refractivity contribution in [3.05, 3.63) is 122 Å². The molecule has 0 unspecified atom stereocenters. The number of rotatable bonds is 17. The number of guanidine groups is 1. The number of furan rings is 1. The zero-order valence-electron chi connectivity index (χ0n) is 42.4. The van der Waals surface area contributed by atoms with Crippen molar-refractivity contribution in [3.63, 3.8) is 0 Å². The molecule has 2 aliphatic rings. The molecule has 4 aromatic carbocycles. The fourth-order valence-electron chi connectivity index (χ4n) is 8.49. The number of hydrogen-bond donors (Lipinski definition) is 6. The van der Waals surface area contributed by atoms with E-state index in [1.54, 1.807) is 26.4 Å². The lowest BCUT2D eigenvalue weighted by atomic mass is 10.1. The van der Waals surface area contributed by atoms with E-state index in [-0.39, 0.29) is 59.7 Å². The molecule has 1 aromatic heterocycles. The smallest absolute Gasteiger partial charge is 0.257 e. The van der Waals surface area contributed by atoms with E-state index >= 15 is 0 Å². The van der Waals surface area contributed by atoms with E-state index in [4.69, 9.17) is 19.6 Å². The Morgan fingerprint density at radius 3 is 1.83 bits per heavy atom. The molecule has 398 valence electrons. The van der Waals surface area contributed by atoms with Crippen molar-refractivity contribution >= 4 is 95.8 Å². The van der Waals surface area contributed by atoms with Crippen molar-refractivity contribution in [1.29, 1.82) is 0 Å². The number of hydrogen-bond acceptors (Lipinski definition) is 11. The van der Waals surface area contributed by atoms with Gasteiger partial charge in [-0.3, -0.25) is 38.9 Å². The van der Waals surface area contributed by atoms with Crippen LogP contribution in [-0.4, -0.2) is 123 Å². The quantitative estimate of drug-likeness (QED) is 0.0453. The number of nitrogens with two attached hydrogens (primary N) is 1. The number of primary amides is 1. The summed E-state index contributed by atoms with van der Waals surface area (Å²) in [7, 11) is 3.21. The monoisotopic (exact) mass is 1160 g/mol. The van der Waals surface area contributed by atoms with Gasteiger partial charge in [0.1, 0.15) is 34.9 Å². The third-order valence-corrected chi connectivity index (χ3v) is 13.6. The Morgan fingerprint density at radius 2 is 1.28 bits per heavy atom. The molecular weight excluding hydrogens is 1090 g/mol. The third kappa shape index (κ3) is 17.1. The number of nitrogens with zero attached hydrogens (tertiary/aromatic N) is 3. The number of carbonyl (C=O) groups is 7. The Kier molecular flexibility index (Phi) is 21.2. The molecule has 7 rings (SSSR count). The molecule has 2 aliphatic heterocycles. The molecule has 2 fully saturated rings. The average molecular weight is 1160 g/mol. The van der Waals surface area contributed by atoms with E-state index in [9.17, 15) is 33.6 Å². The molecule has 2 saturated heterocycles. The van der Waals surface area contributed by atoms with Crippen LogP contribution in [-0.2, 0) is 36.8 Å². The Bertz CT molecular complexity index is 2890. The maximum absolute atomic E-state index is 13.7. The summed E-state index contributed by atoms with van der Waals surface area (Å²) in [5.41, 5.74) is 9.29. The van der Waals surface area contributed by atoms with Crippen LogP contribution in [0.2, 0.25) is 0 Å². The Hall–Kier alpha value is -7.26. The number of ether oxygens (including phenoxy) is 2. The normalized spacial score (nSPS) is 15.9. The number of aryl methyl sites for hydroxylation is 1. The van der Waals surface area contributed by atoms with Crippen LogP contribution in [0, 0.1) is 6.92 Å². The number of amides is 7. The fraction of sp³-hybridized carbons (Fsp3) is 0.370. The number of halogens is 2. The summed E-state index contributed by atoms with van der Waals surface area (Å²) in [5, 5.41) is 15.2. The highest BCUT2D eigenvalue weighted by Crippen LogP contribution is 2.27. The average Bonchev–Trinajstić information content (AvgIpc) is 3.57. The van der Waals surface area contributed by atoms with E-state index in [0.29, 0.717) is 76.0 Å². The lowest BCUT2D eigenvalue weighted by Crippen LogP contribution is -2.49. The van der Waals surface area contributed by atoms with Gasteiger partial charge in [0.15, 0.2) is 0 Å². The first-order valence-electron chi connectivity index (χ1n) is 24.6. The minimum absolute atomic E-state index is 0.0151. The topological polar surface area (TPSA) is 256 Å². The predicted molar refractivity (Wildman–Crippen MR) is 292 cm³/mol. The third-order valence-electron chi connectivity index (χ3n) is 12.3. The van der Waals surface area contributed by atoms with E-state index in [1.807, 2.05) is 55.5 Å². The second kappa shape index (κ2) is 27.9. The zero-order chi connectivity index (χ0) is 54.0. The first kappa shape index (κ1) is 57.0. The lowest BCUT2D eigenvalue weighted by molar-refractivity contribution is -0.138. The lowest BCUT2D eigenvalue weighted by Gasteiger charge is -2.24. The molecule has 21 heteroatoms. The minimum Gasteiger partial charge on any atom is -0.496 e. The van der Waals surface area contributed by atoms with Crippen LogP contribution in [0.1, 0.15) is 83.1 Å². The first-order chi connectivity index (χ1) is 36.0. The van der Waals surface area contributed by atoms with Gasteiger partial charge >= 0.3 is 0 Å². The van der Waals surface area contributed by atoms with Gasteiger partial charge in [-0.15, -0.1) is 0 Å². The molecule has 0 aliphatic carbocycles. The largest absolute Gasteiger partial charge is 0.496 e. The Balaban J connectivity index is 0.000000287. The van der Waals surface area contributed by atoms with Crippen molar-refractivity contribution < 1.29 is 47.5 Å². The molecule has 19 nitrogen and oxygen atoms in total. The number of aliphatic imine (C=N–C) groups is 1. The number of fused-ring (bicyclic) bond motifs is 1. The van der Waals surface area contributed by atoms with Gasteiger partial charge in [0, 0.05) is 55.3 Å². The molecular formula is C54H63Br2N9O10. The summed E-state index contributed by atoms with van der Waals surface area (Å²) < 4.78 is 17.9. The minimum atomic E-state index is -0.836. The molecule has 0 bridgehead atoms. The maximum atomic E-state index is 13.7. The van der Waals surface area contributed by atoms with E-state index in [2.05, 4.69) is 63.4 Å². The highest BCUT2D eigenvalue weighted by Gasteiger charge is 2.30. The van der Waals surface area contributed by atoms with Crippen LogP contribution in [0.4, 0.5) is 5.69 Å². The SMILES string of the molecule is COc1ccc(CCNC(=O)CN2CCCC[C@H](N=C(NC(=O)c3ccc(C(N)=O)cc3)Nc3ccc4oc(C)cc4c3)C2=O)cc1Br.COc1ccc(CCNC(=O)CN2CCCC[C@H](NC(C)=O)C2=O)cc1Br. The van der Waals surface area contributed by atoms with Crippen molar-refractivity contribution in [2.45, 2.75) is 77.3 Å². The van der Waals surface area contributed by atoms with E-state index in [0.717, 1.165) is 55.6 Å². The molecule has 7 N–H and O–H groups in total. The van der Waals surface area contributed by atoms with Crippen molar-refractivity contribution in [3.8, 4) is 11.5 Å². The van der Waals surface area contributed by atoms with Gasteiger partial charge in [0.25, 0.3) is 5.91 Å². The van der Waals surface area contributed by atoms with Gasteiger partial charge < -0.3 is 50.7 Å². The van der Waals surface area contributed by atoms with E-state index < -0.39 is 23.9 Å². The summed E-state index contributed by atoms with van der Waals surface area (Å²) in [6.07, 6.45) is 5.44. The summed E-state index contributed by atoms with van der Waals surface area (Å²) in [6.45, 7) is 5.00. The number of benzene rings is 4. The molecule has 5 aromatic rings. The van der Waals surface area contributed by atoms with Crippen LogP contribution in [0.25, 0.3) is 11.0 Å². The van der Waals surface area contributed by atoms with Gasteiger partial charge in [0.2, 0.25) is 41.4 Å². The standard InChI is InChI=1S/C35H37BrN6O6.C19H26BrN3O4/c1-21-17-25-19-26(11-13-29(25)48-21)39-35(41-33(45)24-9-7-23(8-10-24)32(37)44)40-28-5-3-4-16-42(34(28)46)20-31(43)38-15-14-22-6-12-30(47-2)27(36)18-22;1-13(24)22-16-5-3-4-10-23(19(16)26)12-18(25)21-9-8-14-6-7-17(27-2)15(20)11-14/h6-13,17-19,28H,3-5,14-16,20H2,1-2H3,(H2,37,44)(H,38,43)(H2,39,40,41,45);6-7,11,16H,3-5,8-10,12H2,1-2H3,(H,21,25)(H,22,24)/t28-;16-/m00/s1. The molecule has 75 heavy (non-hydrogen) atoms. The van der Waals surface area contributed by atoms with Gasteiger partial charge in [0.05, 0.1) is 36.3 Å². The molecule has 0 radical (unpaired) electrons. The molecule has 0 saturated carbocycles. The van der Waals surface area contributed by atoms with Crippen molar-refractivity contribution in [2.75, 3.05) is 58.8 Å². The second-order valence-corrected chi connectivity index (χ2v) is 19.7. The molecule has 2 atom stereocenters. The highest BCUT2D eigenvalue weighted by atomic mass is 79.9. The van der Waals surface area contributed by atoms with E-state index in [1.165, 1.54) is 41.0 Å². The predicted octanol–water partition coefficient (Wildman–Crippen LogP) is 6.18. The molecule has 0 spiro atoms. The van der Waals surface area contributed by atoms with Crippen molar-refractivity contribution in [1.82, 2.24) is 31.1 Å². The van der Waals surface area contributed by atoms with Crippen LogP contribution in [0.3, 0.4) is 0 Å². The number of nitrogens with one attached hydrogen (secondary N) is 5. The molecule has 7 amide bonds. The van der Waals surface area contributed by atoms with Crippen LogP contribution in [0.5, 0.6) is 11.5 Å².